The second-order valence-corrected chi connectivity index (χ2v) is 5.58. The standard InChI is InChI=1S/C13H19ClN4S/c1-10-11(14)4-3-5-12(10)15-13(19)16-18-8-6-17(2)7-9-18/h3-5H,6-9H2,1-2H3,(H2,15,16,19). The van der Waals surface area contributed by atoms with Crippen LogP contribution in [0, 0.1) is 6.92 Å². The first-order valence-electron chi connectivity index (χ1n) is 6.32. The van der Waals surface area contributed by atoms with Crippen molar-refractivity contribution in [2.75, 3.05) is 38.5 Å². The molecule has 0 bridgehead atoms. The minimum Gasteiger partial charge on any atom is -0.331 e. The van der Waals surface area contributed by atoms with E-state index in [0.717, 1.165) is 42.5 Å². The zero-order valence-electron chi connectivity index (χ0n) is 11.2. The molecule has 1 saturated heterocycles. The summed E-state index contributed by atoms with van der Waals surface area (Å²) < 4.78 is 0. The SMILES string of the molecule is Cc1c(Cl)cccc1NC(=S)NN1CCN(C)CC1. The summed E-state index contributed by atoms with van der Waals surface area (Å²) in [5, 5.41) is 6.67. The predicted octanol–water partition coefficient (Wildman–Crippen LogP) is 2.10. The first-order chi connectivity index (χ1) is 9.06. The van der Waals surface area contributed by atoms with Crippen LogP contribution in [-0.2, 0) is 0 Å². The highest BCUT2D eigenvalue weighted by molar-refractivity contribution is 7.80. The molecular weight excluding hydrogens is 280 g/mol. The summed E-state index contributed by atoms with van der Waals surface area (Å²) >= 11 is 11.4. The maximum atomic E-state index is 6.09. The number of nitrogens with zero attached hydrogens (tertiary/aromatic N) is 2. The quantitative estimate of drug-likeness (QED) is 0.817. The van der Waals surface area contributed by atoms with Crippen LogP contribution in [-0.4, -0.2) is 48.2 Å². The maximum absolute atomic E-state index is 6.09. The third-order valence-electron chi connectivity index (χ3n) is 3.28. The zero-order chi connectivity index (χ0) is 13.8. The number of likely N-dealkylation sites (N-methyl/N-ethyl adjacent to an activating group) is 1. The molecule has 2 N–H and O–H groups in total. The molecule has 0 atom stereocenters. The van der Waals surface area contributed by atoms with E-state index in [1.807, 2.05) is 25.1 Å². The topological polar surface area (TPSA) is 30.5 Å². The molecule has 1 heterocycles. The minimum absolute atomic E-state index is 0.606. The van der Waals surface area contributed by atoms with Gasteiger partial charge in [0, 0.05) is 36.9 Å². The summed E-state index contributed by atoms with van der Waals surface area (Å²) in [7, 11) is 2.13. The van der Waals surface area contributed by atoms with Gasteiger partial charge in [0.2, 0.25) is 0 Å². The summed E-state index contributed by atoms with van der Waals surface area (Å²) in [6, 6.07) is 5.76. The molecular formula is C13H19ClN4S. The van der Waals surface area contributed by atoms with Gasteiger partial charge in [-0.3, -0.25) is 5.43 Å². The van der Waals surface area contributed by atoms with Crippen LogP contribution in [0.4, 0.5) is 5.69 Å². The van der Waals surface area contributed by atoms with E-state index in [2.05, 4.69) is 27.7 Å². The smallest absolute Gasteiger partial charge is 0.185 e. The van der Waals surface area contributed by atoms with Crippen molar-refractivity contribution < 1.29 is 0 Å². The van der Waals surface area contributed by atoms with E-state index in [0.29, 0.717) is 5.11 Å². The van der Waals surface area contributed by atoms with Crippen LogP contribution in [0.25, 0.3) is 0 Å². The van der Waals surface area contributed by atoms with Gasteiger partial charge in [0.1, 0.15) is 0 Å². The summed E-state index contributed by atoms with van der Waals surface area (Å²) in [6.45, 7) is 6.00. The lowest BCUT2D eigenvalue weighted by Gasteiger charge is -2.33. The Kier molecular flexibility index (Phi) is 4.99. The minimum atomic E-state index is 0.606. The first-order valence-corrected chi connectivity index (χ1v) is 7.11. The summed E-state index contributed by atoms with van der Waals surface area (Å²) in [5.74, 6) is 0. The van der Waals surface area contributed by atoms with Crippen molar-refractivity contribution in [1.29, 1.82) is 0 Å². The molecule has 19 heavy (non-hydrogen) atoms. The van der Waals surface area contributed by atoms with Gasteiger partial charge in [-0.25, -0.2) is 5.01 Å². The van der Waals surface area contributed by atoms with E-state index >= 15 is 0 Å². The Morgan fingerprint density at radius 3 is 2.63 bits per heavy atom. The fourth-order valence-corrected chi connectivity index (χ4v) is 2.37. The Labute approximate surface area is 124 Å². The van der Waals surface area contributed by atoms with Crippen LogP contribution in [0.5, 0.6) is 0 Å². The Morgan fingerprint density at radius 1 is 1.26 bits per heavy atom. The number of piperazine rings is 1. The second kappa shape index (κ2) is 6.52. The van der Waals surface area contributed by atoms with Gasteiger partial charge in [-0.1, -0.05) is 17.7 Å². The van der Waals surface area contributed by atoms with Crippen molar-refractivity contribution in [2.45, 2.75) is 6.92 Å². The van der Waals surface area contributed by atoms with E-state index in [1.54, 1.807) is 0 Å². The van der Waals surface area contributed by atoms with E-state index in [9.17, 15) is 0 Å². The third kappa shape index (κ3) is 4.04. The number of hydrazine groups is 1. The van der Waals surface area contributed by atoms with Crippen LogP contribution < -0.4 is 10.7 Å². The van der Waals surface area contributed by atoms with Gasteiger partial charge in [0.05, 0.1) is 0 Å². The molecule has 104 valence electrons. The number of hydrogen-bond donors (Lipinski definition) is 2. The van der Waals surface area contributed by atoms with Gasteiger partial charge >= 0.3 is 0 Å². The van der Waals surface area contributed by atoms with E-state index in [-0.39, 0.29) is 0 Å². The van der Waals surface area contributed by atoms with Crippen molar-refractivity contribution in [3.8, 4) is 0 Å². The average Bonchev–Trinajstić information content (AvgIpc) is 2.38. The molecule has 0 unspecified atom stereocenters. The number of thiocarbonyl (C=S) groups is 1. The lowest BCUT2D eigenvalue weighted by molar-refractivity contribution is 0.131. The van der Waals surface area contributed by atoms with Gasteiger partial charge in [0.15, 0.2) is 5.11 Å². The zero-order valence-corrected chi connectivity index (χ0v) is 12.8. The van der Waals surface area contributed by atoms with Crippen LogP contribution in [0.15, 0.2) is 18.2 Å². The van der Waals surface area contributed by atoms with Crippen molar-refractivity contribution in [3.63, 3.8) is 0 Å². The highest BCUT2D eigenvalue weighted by Crippen LogP contribution is 2.22. The van der Waals surface area contributed by atoms with Crippen molar-refractivity contribution in [1.82, 2.24) is 15.3 Å². The molecule has 1 aromatic rings. The Bertz CT molecular complexity index is 458. The lowest BCUT2D eigenvalue weighted by Crippen LogP contribution is -2.53. The molecule has 1 aromatic carbocycles. The second-order valence-electron chi connectivity index (χ2n) is 4.77. The van der Waals surface area contributed by atoms with E-state index < -0.39 is 0 Å². The van der Waals surface area contributed by atoms with Crippen LogP contribution in [0.1, 0.15) is 5.56 Å². The monoisotopic (exact) mass is 298 g/mol. The molecule has 1 aliphatic heterocycles. The van der Waals surface area contributed by atoms with Gasteiger partial charge in [0.25, 0.3) is 0 Å². The lowest BCUT2D eigenvalue weighted by atomic mass is 10.2. The number of benzene rings is 1. The molecule has 0 saturated carbocycles. The third-order valence-corrected chi connectivity index (χ3v) is 3.88. The van der Waals surface area contributed by atoms with Crippen LogP contribution in [0.3, 0.4) is 0 Å². The van der Waals surface area contributed by atoms with E-state index in [1.165, 1.54) is 0 Å². The molecule has 6 heteroatoms. The predicted molar refractivity (Wildman–Crippen MR) is 84.6 cm³/mol. The first kappa shape index (κ1) is 14.5. The molecule has 0 spiro atoms. The fraction of sp³-hybridized carbons (Fsp3) is 0.462. The molecule has 0 aromatic heterocycles. The molecule has 4 nitrogen and oxygen atoms in total. The average molecular weight is 299 g/mol. The largest absolute Gasteiger partial charge is 0.331 e. The van der Waals surface area contributed by atoms with Gasteiger partial charge in [-0.15, -0.1) is 0 Å². The summed E-state index contributed by atoms with van der Waals surface area (Å²) in [4.78, 5) is 2.30. The number of rotatable bonds is 2. The highest BCUT2D eigenvalue weighted by atomic mass is 35.5. The fourth-order valence-electron chi connectivity index (χ4n) is 1.96. The number of nitrogens with one attached hydrogen (secondary N) is 2. The van der Waals surface area contributed by atoms with Crippen LogP contribution in [0.2, 0.25) is 5.02 Å². The molecule has 0 radical (unpaired) electrons. The Hall–Kier alpha value is -0.880. The van der Waals surface area contributed by atoms with Crippen molar-refractivity contribution in [2.24, 2.45) is 0 Å². The summed E-state index contributed by atoms with van der Waals surface area (Å²) in [6.07, 6.45) is 0. The highest BCUT2D eigenvalue weighted by Gasteiger charge is 2.14. The van der Waals surface area contributed by atoms with Gasteiger partial charge in [-0.2, -0.15) is 0 Å². The molecule has 2 rings (SSSR count). The molecule has 1 aliphatic rings. The number of anilines is 1. The van der Waals surface area contributed by atoms with Crippen molar-refractivity contribution in [3.05, 3.63) is 28.8 Å². The molecule has 0 aliphatic carbocycles. The van der Waals surface area contributed by atoms with Gasteiger partial charge in [-0.05, 0) is 43.9 Å². The maximum Gasteiger partial charge on any atom is 0.185 e. The summed E-state index contributed by atoms with van der Waals surface area (Å²) in [5.41, 5.74) is 5.17. The van der Waals surface area contributed by atoms with Gasteiger partial charge < -0.3 is 10.2 Å². The number of halogens is 1. The van der Waals surface area contributed by atoms with Crippen LogP contribution >= 0.6 is 23.8 Å². The molecule has 1 fully saturated rings. The Morgan fingerprint density at radius 2 is 1.95 bits per heavy atom. The molecule has 0 amide bonds. The number of hydrogen-bond acceptors (Lipinski definition) is 3. The van der Waals surface area contributed by atoms with Crippen molar-refractivity contribution >= 4 is 34.6 Å². The van der Waals surface area contributed by atoms with E-state index in [4.69, 9.17) is 23.8 Å². The normalized spacial score (nSPS) is 17.2. The Balaban J connectivity index is 1.89.